The molecule has 0 radical (unpaired) electrons. The summed E-state index contributed by atoms with van der Waals surface area (Å²) in [7, 11) is 0. The lowest BCUT2D eigenvalue weighted by molar-refractivity contribution is 0.105. The fourth-order valence-corrected chi connectivity index (χ4v) is 1.77. The first-order valence-corrected chi connectivity index (χ1v) is 5.58. The molecule has 0 aliphatic carbocycles. The van der Waals surface area contributed by atoms with Crippen LogP contribution in [0.15, 0.2) is 18.2 Å². The van der Waals surface area contributed by atoms with Crippen molar-refractivity contribution in [3.63, 3.8) is 0 Å². The number of aryl methyl sites for hydroxylation is 1. The fraction of sp³-hybridized carbons (Fsp3) is 0.500. The Hall–Kier alpha value is -1.26. The van der Waals surface area contributed by atoms with E-state index in [0.717, 1.165) is 30.9 Å². The third-order valence-electron chi connectivity index (χ3n) is 2.66. The molecule has 1 aromatic rings. The average Bonchev–Trinajstić information content (AvgIpc) is 2.35. The maximum Gasteiger partial charge on any atom is 0.122 e. The maximum absolute atomic E-state index is 9.22. The third-order valence-corrected chi connectivity index (χ3v) is 2.66. The van der Waals surface area contributed by atoms with Gasteiger partial charge >= 0.3 is 0 Å². The van der Waals surface area contributed by atoms with Gasteiger partial charge in [0.15, 0.2) is 0 Å². The minimum Gasteiger partial charge on any atom is -0.493 e. The van der Waals surface area contributed by atoms with Gasteiger partial charge in [-0.2, -0.15) is 0 Å². The number of fused-ring (bicyclic) bond motifs is 1. The van der Waals surface area contributed by atoms with E-state index in [0.29, 0.717) is 6.54 Å². The highest BCUT2D eigenvalue weighted by Gasteiger charge is 2.10. The van der Waals surface area contributed by atoms with Crippen molar-refractivity contribution in [2.75, 3.05) is 25.1 Å². The van der Waals surface area contributed by atoms with Gasteiger partial charge in [-0.15, -0.1) is 0 Å². The Balaban J connectivity index is 2.00. The van der Waals surface area contributed by atoms with Crippen molar-refractivity contribution in [1.29, 1.82) is 0 Å². The van der Waals surface area contributed by atoms with Crippen molar-refractivity contribution >= 4 is 5.69 Å². The van der Waals surface area contributed by atoms with Crippen molar-refractivity contribution in [2.45, 2.75) is 18.9 Å². The number of aliphatic hydroxyl groups is 2. The SMILES string of the molecule is OCC(O)CNc1ccc2c(c1)CCCO2. The normalized spacial score (nSPS) is 16.1. The Morgan fingerprint density at radius 1 is 1.44 bits per heavy atom. The standard InChI is InChI=1S/C12H17NO3/c14-8-11(15)7-13-10-3-4-12-9(6-10)2-1-5-16-12/h3-4,6,11,13-15H,1-2,5,7-8H2. The Bertz CT molecular complexity index is 354. The first-order valence-electron chi connectivity index (χ1n) is 5.58. The summed E-state index contributed by atoms with van der Waals surface area (Å²) < 4.78 is 5.51. The smallest absolute Gasteiger partial charge is 0.122 e. The highest BCUT2D eigenvalue weighted by atomic mass is 16.5. The maximum atomic E-state index is 9.22. The molecule has 0 bridgehead atoms. The first-order chi connectivity index (χ1) is 7.79. The van der Waals surface area contributed by atoms with Crippen molar-refractivity contribution in [3.8, 4) is 5.75 Å². The van der Waals surface area contributed by atoms with Crippen LogP contribution in [0, 0.1) is 0 Å². The quantitative estimate of drug-likeness (QED) is 0.706. The van der Waals surface area contributed by atoms with Gasteiger partial charge in [0, 0.05) is 12.2 Å². The molecule has 0 amide bonds. The van der Waals surface area contributed by atoms with Crippen LogP contribution in [-0.4, -0.2) is 36.1 Å². The molecule has 1 unspecified atom stereocenters. The Morgan fingerprint density at radius 2 is 2.31 bits per heavy atom. The van der Waals surface area contributed by atoms with Crippen LogP contribution in [0.2, 0.25) is 0 Å². The molecule has 1 aliphatic heterocycles. The second-order valence-electron chi connectivity index (χ2n) is 3.99. The van der Waals surface area contributed by atoms with Crippen LogP contribution in [0.25, 0.3) is 0 Å². The van der Waals surface area contributed by atoms with Crippen LogP contribution in [0.3, 0.4) is 0 Å². The predicted octanol–water partition coefficient (Wildman–Crippen LogP) is 0.777. The molecule has 4 nitrogen and oxygen atoms in total. The summed E-state index contributed by atoms with van der Waals surface area (Å²) in [6.07, 6.45) is 1.37. The molecule has 3 N–H and O–H groups in total. The lowest BCUT2D eigenvalue weighted by Gasteiger charge is -2.18. The van der Waals surface area contributed by atoms with Gasteiger partial charge in [-0.05, 0) is 36.6 Å². The summed E-state index contributed by atoms with van der Waals surface area (Å²) >= 11 is 0. The number of ether oxygens (including phenoxy) is 1. The molecule has 0 spiro atoms. The van der Waals surface area contributed by atoms with E-state index in [1.54, 1.807) is 0 Å². The largest absolute Gasteiger partial charge is 0.493 e. The molecule has 16 heavy (non-hydrogen) atoms. The summed E-state index contributed by atoms with van der Waals surface area (Å²) in [5.74, 6) is 0.958. The molecule has 0 saturated carbocycles. The van der Waals surface area contributed by atoms with Crippen LogP contribution in [0.5, 0.6) is 5.75 Å². The average molecular weight is 223 g/mol. The molecule has 1 heterocycles. The second kappa shape index (κ2) is 5.18. The van der Waals surface area contributed by atoms with Gasteiger partial charge in [0.05, 0.1) is 19.3 Å². The van der Waals surface area contributed by atoms with E-state index in [9.17, 15) is 5.11 Å². The van der Waals surface area contributed by atoms with Gasteiger partial charge in [0.25, 0.3) is 0 Å². The molecule has 88 valence electrons. The minimum absolute atomic E-state index is 0.221. The first kappa shape index (κ1) is 11.2. The number of hydrogen-bond donors (Lipinski definition) is 3. The van der Waals surface area contributed by atoms with Crippen LogP contribution < -0.4 is 10.1 Å². The molecule has 2 rings (SSSR count). The highest BCUT2D eigenvalue weighted by molar-refractivity contribution is 5.51. The van der Waals surface area contributed by atoms with E-state index in [2.05, 4.69) is 5.32 Å². The summed E-state index contributed by atoms with van der Waals surface area (Å²) in [5, 5.41) is 21.0. The van der Waals surface area contributed by atoms with Gasteiger partial charge in [-0.25, -0.2) is 0 Å². The van der Waals surface area contributed by atoms with Gasteiger partial charge in [0.1, 0.15) is 5.75 Å². The Morgan fingerprint density at radius 3 is 3.12 bits per heavy atom. The lowest BCUT2D eigenvalue weighted by atomic mass is 10.1. The van der Waals surface area contributed by atoms with Crippen molar-refractivity contribution < 1.29 is 14.9 Å². The molecule has 0 fully saturated rings. The van der Waals surface area contributed by atoms with E-state index in [1.165, 1.54) is 5.56 Å². The summed E-state index contributed by atoms with van der Waals surface area (Å²) in [6.45, 7) is 0.931. The van der Waals surface area contributed by atoms with E-state index in [4.69, 9.17) is 9.84 Å². The van der Waals surface area contributed by atoms with Crippen LogP contribution in [0.1, 0.15) is 12.0 Å². The number of benzene rings is 1. The number of hydrogen-bond acceptors (Lipinski definition) is 4. The molecule has 1 aromatic carbocycles. The summed E-state index contributed by atoms with van der Waals surface area (Å²) in [4.78, 5) is 0. The van der Waals surface area contributed by atoms with Gasteiger partial charge in [-0.3, -0.25) is 0 Å². The van der Waals surface area contributed by atoms with Crippen molar-refractivity contribution in [2.24, 2.45) is 0 Å². The zero-order valence-corrected chi connectivity index (χ0v) is 9.15. The molecule has 1 aliphatic rings. The zero-order chi connectivity index (χ0) is 11.4. The van der Waals surface area contributed by atoms with Crippen LogP contribution in [0.4, 0.5) is 5.69 Å². The predicted molar refractivity (Wildman–Crippen MR) is 61.8 cm³/mol. The summed E-state index contributed by atoms with van der Waals surface area (Å²) in [5.41, 5.74) is 2.16. The number of rotatable bonds is 4. The minimum atomic E-state index is -0.715. The number of nitrogens with one attached hydrogen (secondary N) is 1. The van der Waals surface area contributed by atoms with E-state index < -0.39 is 6.10 Å². The van der Waals surface area contributed by atoms with Crippen LogP contribution in [-0.2, 0) is 6.42 Å². The van der Waals surface area contributed by atoms with E-state index in [1.807, 2.05) is 18.2 Å². The second-order valence-corrected chi connectivity index (χ2v) is 3.99. The molecular formula is C12H17NO3. The Kier molecular flexibility index (Phi) is 3.64. The monoisotopic (exact) mass is 223 g/mol. The lowest BCUT2D eigenvalue weighted by Crippen LogP contribution is -2.23. The van der Waals surface area contributed by atoms with Gasteiger partial charge in [-0.1, -0.05) is 0 Å². The summed E-state index contributed by atoms with van der Waals surface area (Å²) in [6, 6.07) is 5.91. The van der Waals surface area contributed by atoms with E-state index in [-0.39, 0.29) is 6.61 Å². The van der Waals surface area contributed by atoms with E-state index >= 15 is 0 Å². The van der Waals surface area contributed by atoms with Crippen molar-refractivity contribution in [3.05, 3.63) is 23.8 Å². The number of aliphatic hydroxyl groups excluding tert-OH is 2. The number of anilines is 1. The molecular weight excluding hydrogens is 206 g/mol. The molecule has 0 saturated heterocycles. The van der Waals surface area contributed by atoms with Crippen molar-refractivity contribution in [1.82, 2.24) is 0 Å². The topological polar surface area (TPSA) is 61.7 Å². The Labute approximate surface area is 94.9 Å². The zero-order valence-electron chi connectivity index (χ0n) is 9.15. The van der Waals surface area contributed by atoms with Gasteiger partial charge in [0.2, 0.25) is 0 Å². The molecule has 0 aromatic heterocycles. The van der Waals surface area contributed by atoms with Crippen LogP contribution >= 0.6 is 0 Å². The third kappa shape index (κ3) is 2.65. The fourth-order valence-electron chi connectivity index (χ4n) is 1.77. The molecule has 4 heteroatoms. The molecule has 1 atom stereocenters. The van der Waals surface area contributed by atoms with Gasteiger partial charge < -0.3 is 20.3 Å². The highest BCUT2D eigenvalue weighted by Crippen LogP contribution is 2.27.